The van der Waals surface area contributed by atoms with Crippen molar-refractivity contribution in [1.82, 2.24) is 0 Å². The third kappa shape index (κ3) is 4.57. The van der Waals surface area contributed by atoms with Crippen molar-refractivity contribution in [2.75, 3.05) is 13.2 Å². The fourth-order valence-corrected chi connectivity index (χ4v) is 6.51. The predicted molar refractivity (Wildman–Crippen MR) is 107 cm³/mol. The molecular formula is C21H30F4O6S. The Labute approximate surface area is 185 Å². The van der Waals surface area contributed by atoms with Gasteiger partial charge in [-0.2, -0.15) is 26.0 Å². The Morgan fingerprint density at radius 3 is 2.09 bits per heavy atom. The Bertz CT molecular complexity index is 813. The highest BCUT2D eigenvalue weighted by atomic mass is 32.2. The number of carbonyl (C=O) groups is 1. The van der Waals surface area contributed by atoms with Crippen molar-refractivity contribution in [3.8, 4) is 0 Å². The number of esters is 1. The minimum absolute atomic E-state index is 0.00153. The highest BCUT2D eigenvalue weighted by Crippen LogP contribution is 2.60. The molecule has 0 heterocycles. The van der Waals surface area contributed by atoms with E-state index in [0.717, 1.165) is 25.7 Å². The molecule has 4 saturated carbocycles. The molecule has 0 unspecified atom stereocenters. The van der Waals surface area contributed by atoms with Crippen molar-refractivity contribution in [3.05, 3.63) is 12.2 Å². The van der Waals surface area contributed by atoms with Gasteiger partial charge in [-0.1, -0.05) is 13.5 Å². The number of alkyl halides is 4. The summed E-state index contributed by atoms with van der Waals surface area (Å²) in [5.74, 6) is -3.52. The fraction of sp³-hybridized carbons (Fsp3) is 0.857. The van der Waals surface area contributed by atoms with Crippen molar-refractivity contribution in [1.29, 1.82) is 0 Å². The van der Waals surface area contributed by atoms with E-state index in [9.17, 15) is 30.8 Å². The summed E-state index contributed by atoms with van der Waals surface area (Å²) in [6, 6.07) is 0. The van der Waals surface area contributed by atoms with E-state index in [4.69, 9.17) is 14.0 Å². The van der Waals surface area contributed by atoms with E-state index in [0.29, 0.717) is 30.1 Å². The molecule has 0 radical (unpaired) electrons. The maximum atomic E-state index is 13.5. The van der Waals surface area contributed by atoms with Crippen LogP contribution in [0.25, 0.3) is 0 Å². The molecule has 0 atom stereocenters. The molecule has 0 amide bonds. The fourth-order valence-electron chi connectivity index (χ4n) is 6.03. The van der Waals surface area contributed by atoms with Gasteiger partial charge in [-0.15, -0.1) is 0 Å². The zero-order valence-electron chi connectivity index (χ0n) is 18.0. The SMILES string of the molecule is C=C(COCCCC(F)(F)C(F)(F)S(=O)(=O)O)C(=O)OC1(CC)C2CC3CC(C2)CC1C3. The Balaban J connectivity index is 1.46. The average Bonchev–Trinajstić information content (AvgIpc) is 2.68. The van der Waals surface area contributed by atoms with Crippen molar-refractivity contribution >= 4 is 16.1 Å². The van der Waals surface area contributed by atoms with Crippen LogP contribution in [0.1, 0.15) is 58.3 Å². The molecular weight excluding hydrogens is 456 g/mol. The Morgan fingerprint density at radius 2 is 1.62 bits per heavy atom. The number of rotatable bonds is 11. The van der Waals surface area contributed by atoms with Crippen LogP contribution in [0.4, 0.5) is 17.6 Å². The average molecular weight is 487 g/mol. The van der Waals surface area contributed by atoms with Crippen LogP contribution < -0.4 is 0 Å². The Kier molecular flexibility index (Phi) is 7.04. The Hall–Kier alpha value is -1.20. The topological polar surface area (TPSA) is 89.9 Å². The van der Waals surface area contributed by atoms with E-state index in [1.165, 1.54) is 6.42 Å². The van der Waals surface area contributed by atoms with E-state index < -0.39 is 52.3 Å². The third-order valence-corrected chi connectivity index (χ3v) is 8.40. The second-order valence-electron chi connectivity index (χ2n) is 9.46. The van der Waals surface area contributed by atoms with E-state index >= 15 is 0 Å². The largest absolute Gasteiger partial charge is 0.455 e. The lowest BCUT2D eigenvalue weighted by atomic mass is 9.49. The van der Waals surface area contributed by atoms with Gasteiger partial charge >= 0.3 is 27.3 Å². The molecule has 0 aromatic heterocycles. The van der Waals surface area contributed by atoms with Crippen molar-refractivity contribution in [3.63, 3.8) is 0 Å². The summed E-state index contributed by atoms with van der Waals surface area (Å²) in [5.41, 5.74) is -0.515. The van der Waals surface area contributed by atoms with Gasteiger partial charge in [-0.05, 0) is 68.6 Å². The van der Waals surface area contributed by atoms with Crippen LogP contribution in [0.3, 0.4) is 0 Å². The van der Waals surface area contributed by atoms with Gasteiger partial charge in [0.05, 0.1) is 12.2 Å². The molecule has 0 aromatic rings. The van der Waals surface area contributed by atoms with Gasteiger partial charge in [0.15, 0.2) is 0 Å². The zero-order valence-corrected chi connectivity index (χ0v) is 18.8. The summed E-state index contributed by atoms with van der Waals surface area (Å²) in [7, 11) is -6.26. The van der Waals surface area contributed by atoms with Crippen molar-refractivity contribution in [2.24, 2.45) is 23.7 Å². The highest BCUT2D eigenvalue weighted by molar-refractivity contribution is 7.87. The summed E-state index contributed by atoms with van der Waals surface area (Å²) in [6.07, 6.45) is 4.04. The standard InChI is InChI=1S/C21H30F4O6S/c1-3-19(16-8-14-7-15(10-16)11-17(19)9-14)31-18(26)13(2)12-30-6-4-5-20(22,23)21(24,25)32(27,28)29/h14-17H,2-12H2,1H3,(H,27,28,29). The van der Waals surface area contributed by atoms with E-state index in [1.54, 1.807) is 0 Å². The number of ether oxygens (including phenoxy) is 2. The normalized spacial score (nSPS) is 32.2. The van der Waals surface area contributed by atoms with Gasteiger partial charge in [0, 0.05) is 13.0 Å². The summed E-state index contributed by atoms with van der Waals surface area (Å²) < 4.78 is 93.6. The van der Waals surface area contributed by atoms with Crippen LogP contribution in [-0.4, -0.2) is 48.9 Å². The number of halogens is 4. The number of carbonyl (C=O) groups excluding carboxylic acids is 1. The minimum Gasteiger partial charge on any atom is -0.455 e. The predicted octanol–water partition coefficient (Wildman–Crippen LogP) is 4.60. The molecule has 6 nitrogen and oxygen atoms in total. The van der Waals surface area contributed by atoms with E-state index in [2.05, 4.69) is 6.58 Å². The van der Waals surface area contributed by atoms with Crippen molar-refractivity contribution < 1.29 is 44.8 Å². The van der Waals surface area contributed by atoms with Gasteiger partial charge in [-0.3, -0.25) is 4.55 Å². The molecule has 0 aromatic carbocycles. The summed E-state index contributed by atoms with van der Waals surface area (Å²) >= 11 is 0. The van der Waals surface area contributed by atoms with Gasteiger partial charge in [0.25, 0.3) is 0 Å². The maximum Gasteiger partial charge on any atom is 0.431 e. The lowest BCUT2D eigenvalue weighted by Gasteiger charge is -2.60. The molecule has 0 aliphatic heterocycles. The van der Waals surface area contributed by atoms with Crippen LogP contribution in [-0.2, 0) is 24.4 Å². The first-order chi connectivity index (χ1) is 14.7. The van der Waals surface area contributed by atoms with Crippen LogP contribution >= 0.6 is 0 Å². The second-order valence-corrected chi connectivity index (χ2v) is 10.9. The van der Waals surface area contributed by atoms with Gasteiger partial charge in [0.1, 0.15) is 5.60 Å². The van der Waals surface area contributed by atoms with Crippen LogP contribution in [0.5, 0.6) is 0 Å². The van der Waals surface area contributed by atoms with E-state index in [1.807, 2.05) is 6.92 Å². The zero-order chi connectivity index (χ0) is 23.9. The second kappa shape index (κ2) is 8.87. The van der Waals surface area contributed by atoms with Gasteiger partial charge < -0.3 is 9.47 Å². The molecule has 4 aliphatic carbocycles. The molecule has 11 heteroatoms. The molecule has 0 spiro atoms. The molecule has 4 rings (SSSR count). The summed E-state index contributed by atoms with van der Waals surface area (Å²) in [5, 5.41) is -5.60. The monoisotopic (exact) mass is 486 g/mol. The summed E-state index contributed by atoms with van der Waals surface area (Å²) in [4.78, 5) is 12.6. The molecule has 32 heavy (non-hydrogen) atoms. The first kappa shape index (κ1) is 25.4. The molecule has 4 bridgehead atoms. The Morgan fingerprint density at radius 1 is 1.09 bits per heavy atom. The first-order valence-electron chi connectivity index (χ1n) is 10.9. The third-order valence-electron chi connectivity index (χ3n) is 7.45. The molecule has 4 fully saturated rings. The summed E-state index contributed by atoms with van der Waals surface area (Å²) in [6.45, 7) is 4.90. The first-order valence-corrected chi connectivity index (χ1v) is 12.4. The lowest BCUT2D eigenvalue weighted by Crippen LogP contribution is -2.59. The molecule has 0 saturated heterocycles. The smallest absolute Gasteiger partial charge is 0.431 e. The highest BCUT2D eigenvalue weighted by Gasteiger charge is 2.65. The van der Waals surface area contributed by atoms with Crippen LogP contribution in [0.2, 0.25) is 0 Å². The quantitative estimate of drug-likeness (QED) is 0.151. The molecule has 1 N–H and O–H groups in total. The molecule has 4 aliphatic rings. The minimum atomic E-state index is -6.26. The van der Waals surface area contributed by atoms with Crippen LogP contribution in [0.15, 0.2) is 12.2 Å². The maximum absolute atomic E-state index is 13.5. The van der Waals surface area contributed by atoms with Gasteiger partial charge in [-0.25, -0.2) is 4.79 Å². The number of hydrogen-bond acceptors (Lipinski definition) is 5. The lowest BCUT2D eigenvalue weighted by molar-refractivity contribution is -0.207. The van der Waals surface area contributed by atoms with E-state index in [-0.39, 0.29) is 12.2 Å². The number of hydrogen-bond donors (Lipinski definition) is 1. The molecule has 184 valence electrons. The van der Waals surface area contributed by atoms with Crippen LogP contribution in [0, 0.1) is 23.7 Å². The van der Waals surface area contributed by atoms with Gasteiger partial charge in [0.2, 0.25) is 0 Å². The van der Waals surface area contributed by atoms with Crippen molar-refractivity contribution in [2.45, 2.75) is 75.1 Å².